The van der Waals surface area contributed by atoms with Crippen LogP contribution in [0.3, 0.4) is 0 Å². The van der Waals surface area contributed by atoms with Gasteiger partial charge in [-0.1, -0.05) is 35.9 Å². The average molecular weight is 337 g/mol. The van der Waals surface area contributed by atoms with Crippen LogP contribution in [0.2, 0.25) is 0 Å². The van der Waals surface area contributed by atoms with Gasteiger partial charge in [-0.3, -0.25) is 14.4 Å². The normalized spacial score (nSPS) is 14.2. The molecule has 0 spiro atoms. The molecule has 1 saturated heterocycles. The monoisotopic (exact) mass is 337 g/mol. The van der Waals surface area contributed by atoms with Crippen LogP contribution in [0.15, 0.2) is 54.6 Å². The summed E-state index contributed by atoms with van der Waals surface area (Å²) in [7, 11) is 0. The van der Waals surface area contributed by atoms with Crippen LogP contribution in [0.25, 0.3) is 0 Å². The number of carbonyl (C=O) groups is 4. The second-order valence-corrected chi connectivity index (χ2v) is 5.56. The van der Waals surface area contributed by atoms with Gasteiger partial charge in [-0.25, -0.2) is 14.6 Å². The van der Waals surface area contributed by atoms with Crippen molar-refractivity contribution in [2.24, 2.45) is 0 Å². The van der Waals surface area contributed by atoms with Crippen molar-refractivity contribution < 1.29 is 19.2 Å². The fraction of sp³-hybridized carbons (Fsp3) is 0.111. The second kappa shape index (κ2) is 6.56. The van der Waals surface area contributed by atoms with Crippen molar-refractivity contribution in [3.05, 3.63) is 60.2 Å². The van der Waals surface area contributed by atoms with Crippen molar-refractivity contribution >= 4 is 35.1 Å². The molecule has 0 saturated carbocycles. The number of hydrogen-bond donors (Lipinski definition) is 1. The van der Waals surface area contributed by atoms with Crippen LogP contribution in [0.4, 0.5) is 16.2 Å². The highest BCUT2D eigenvalue weighted by molar-refractivity contribution is 6.53. The highest BCUT2D eigenvalue weighted by Crippen LogP contribution is 2.21. The third-order valence-electron chi connectivity index (χ3n) is 3.70. The quantitative estimate of drug-likeness (QED) is 0.682. The Morgan fingerprint density at radius 2 is 1.56 bits per heavy atom. The third-order valence-corrected chi connectivity index (χ3v) is 3.70. The van der Waals surface area contributed by atoms with Gasteiger partial charge in [-0.2, -0.15) is 0 Å². The Bertz CT molecular complexity index is 846. The first kappa shape index (κ1) is 16.4. The van der Waals surface area contributed by atoms with E-state index in [1.54, 1.807) is 42.5 Å². The number of anilines is 2. The number of rotatable bonds is 4. The molecule has 1 aliphatic heterocycles. The molecule has 1 fully saturated rings. The maximum atomic E-state index is 12.4. The largest absolute Gasteiger partial charge is 0.339 e. The lowest BCUT2D eigenvalue weighted by Gasteiger charge is -2.15. The van der Waals surface area contributed by atoms with Crippen LogP contribution in [0.1, 0.15) is 5.56 Å². The molecular formula is C18H15N3O4. The van der Waals surface area contributed by atoms with Crippen molar-refractivity contribution in [2.45, 2.75) is 6.92 Å². The van der Waals surface area contributed by atoms with E-state index in [0.29, 0.717) is 10.6 Å². The molecule has 126 valence electrons. The zero-order valence-corrected chi connectivity index (χ0v) is 13.4. The van der Waals surface area contributed by atoms with E-state index in [1.807, 2.05) is 19.1 Å². The van der Waals surface area contributed by atoms with E-state index in [1.165, 1.54) is 0 Å². The van der Waals surface area contributed by atoms with E-state index in [9.17, 15) is 19.2 Å². The van der Waals surface area contributed by atoms with Crippen molar-refractivity contribution in [1.82, 2.24) is 4.90 Å². The molecular weight excluding hydrogens is 322 g/mol. The Kier molecular flexibility index (Phi) is 4.30. The SMILES string of the molecule is Cc1ccc(NC(=O)CN2C(=O)C(=O)N(c3ccccc3)C2=O)cc1. The van der Waals surface area contributed by atoms with Crippen LogP contribution < -0.4 is 10.2 Å². The summed E-state index contributed by atoms with van der Waals surface area (Å²) in [5, 5.41) is 2.59. The molecule has 3 rings (SSSR count). The number of amides is 5. The molecule has 0 bridgehead atoms. The predicted molar refractivity (Wildman–Crippen MR) is 90.8 cm³/mol. The van der Waals surface area contributed by atoms with Gasteiger partial charge in [0.25, 0.3) is 0 Å². The number of aryl methyl sites for hydroxylation is 1. The van der Waals surface area contributed by atoms with E-state index < -0.39 is 30.3 Å². The number of urea groups is 1. The van der Waals surface area contributed by atoms with E-state index >= 15 is 0 Å². The van der Waals surface area contributed by atoms with E-state index in [0.717, 1.165) is 10.5 Å². The minimum Gasteiger partial charge on any atom is -0.325 e. The minimum absolute atomic E-state index is 0.285. The number of nitrogens with zero attached hydrogens (tertiary/aromatic N) is 2. The van der Waals surface area contributed by atoms with Crippen LogP contribution in [0, 0.1) is 6.92 Å². The Morgan fingerprint density at radius 3 is 2.20 bits per heavy atom. The lowest BCUT2D eigenvalue weighted by Crippen LogP contribution is -2.39. The molecule has 25 heavy (non-hydrogen) atoms. The molecule has 1 heterocycles. The van der Waals surface area contributed by atoms with Gasteiger partial charge in [0.05, 0.1) is 5.69 Å². The number of para-hydroxylation sites is 1. The van der Waals surface area contributed by atoms with Gasteiger partial charge in [0.1, 0.15) is 6.54 Å². The molecule has 7 nitrogen and oxygen atoms in total. The van der Waals surface area contributed by atoms with Crippen LogP contribution in [-0.2, 0) is 14.4 Å². The van der Waals surface area contributed by atoms with Crippen LogP contribution in [0.5, 0.6) is 0 Å². The smallest absolute Gasteiger partial charge is 0.325 e. The summed E-state index contributed by atoms with van der Waals surface area (Å²) < 4.78 is 0. The summed E-state index contributed by atoms with van der Waals surface area (Å²) in [4.78, 5) is 50.1. The number of nitrogens with one attached hydrogen (secondary N) is 1. The van der Waals surface area contributed by atoms with Gasteiger partial charge in [0, 0.05) is 5.69 Å². The fourth-order valence-corrected chi connectivity index (χ4v) is 2.43. The Hall–Kier alpha value is -3.48. The zero-order chi connectivity index (χ0) is 18.0. The maximum Gasteiger partial charge on any atom is 0.339 e. The van der Waals surface area contributed by atoms with Gasteiger partial charge in [-0.05, 0) is 31.2 Å². The number of benzene rings is 2. The average Bonchev–Trinajstić information content (AvgIpc) is 2.81. The summed E-state index contributed by atoms with van der Waals surface area (Å²) in [5.74, 6) is -2.56. The molecule has 2 aromatic carbocycles. The molecule has 7 heteroatoms. The second-order valence-electron chi connectivity index (χ2n) is 5.56. The summed E-state index contributed by atoms with van der Waals surface area (Å²) in [6, 6.07) is 14.3. The lowest BCUT2D eigenvalue weighted by molar-refractivity contribution is -0.140. The van der Waals surface area contributed by atoms with Gasteiger partial charge >= 0.3 is 17.8 Å². The van der Waals surface area contributed by atoms with Gasteiger partial charge in [0.15, 0.2) is 0 Å². The summed E-state index contributed by atoms with van der Waals surface area (Å²) in [5.41, 5.74) is 1.86. The zero-order valence-electron chi connectivity index (χ0n) is 13.4. The van der Waals surface area contributed by atoms with E-state index in [-0.39, 0.29) is 5.69 Å². The lowest BCUT2D eigenvalue weighted by atomic mass is 10.2. The molecule has 1 aliphatic rings. The van der Waals surface area contributed by atoms with E-state index in [4.69, 9.17) is 0 Å². The molecule has 5 amide bonds. The van der Waals surface area contributed by atoms with Crippen molar-refractivity contribution in [1.29, 1.82) is 0 Å². The highest BCUT2D eigenvalue weighted by atomic mass is 16.2. The Balaban J connectivity index is 1.73. The maximum absolute atomic E-state index is 12.4. The fourth-order valence-electron chi connectivity index (χ4n) is 2.43. The molecule has 0 radical (unpaired) electrons. The van der Waals surface area contributed by atoms with Crippen LogP contribution in [-0.4, -0.2) is 35.2 Å². The standard InChI is InChI=1S/C18H15N3O4/c1-12-7-9-13(10-8-12)19-15(22)11-20-16(23)17(24)21(18(20)25)14-5-3-2-4-6-14/h2-10H,11H2,1H3,(H,19,22). The highest BCUT2D eigenvalue weighted by Gasteiger charge is 2.46. The summed E-state index contributed by atoms with van der Waals surface area (Å²) in [6.45, 7) is 1.39. The number of hydrogen-bond acceptors (Lipinski definition) is 4. The van der Waals surface area contributed by atoms with Gasteiger partial charge in [-0.15, -0.1) is 0 Å². The van der Waals surface area contributed by atoms with Crippen molar-refractivity contribution in [2.75, 3.05) is 16.8 Å². The number of imide groups is 2. The Labute approximate surface area is 143 Å². The molecule has 0 aromatic heterocycles. The summed E-state index contributed by atoms with van der Waals surface area (Å²) >= 11 is 0. The molecule has 0 unspecified atom stereocenters. The topological polar surface area (TPSA) is 86.8 Å². The van der Waals surface area contributed by atoms with Gasteiger partial charge < -0.3 is 5.32 Å². The van der Waals surface area contributed by atoms with Gasteiger partial charge in [0.2, 0.25) is 5.91 Å². The number of carbonyl (C=O) groups excluding carboxylic acids is 4. The van der Waals surface area contributed by atoms with Crippen molar-refractivity contribution in [3.63, 3.8) is 0 Å². The summed E-state index contributed by atoms with van der Waals surface area (Å²) in [6.07, 6.45) is 0. The first-order chi connectivity index (χ1) is 12.0. The van der Waals surface area contributed by atoms with Crippen molar-refractivity contribution in [3.8, 4) is 0 Å². The molecule has 2 aromatic rings. The Morgan fingerprint density at radius 1 is 0.920 bits per heavy atom. The predicted octanol–water partition coefficient (Wildman–Crippen LogP) is 1.93. The van der Waals surface area contributed by atoms with E-state index in [2.05, 4.69) is 5.32 Å². The molecule has 1 N–H and O–H groups in total. The third kappa shape index (κ3) is 3.25. The first-order valence-electron chi connectivity index (χ1n) is 7.59. The molecule has 0 aliphatic carbocycles. The first-order valence-corrected chi connectivity index (χ1v) is 7.59. The molecule has 0 atom stereocenters. The minimum atomic E-state index is -1.02. The van der Waals surface area contributed by atoms with Crippen LogP contribution >= 0.6 is 0 Å².